The van der Waals surface area contributed by atoms with Crippen LogP contribution in [0, 0.1) is 5.92 Å². The second-order valence-electron chi connectivity index (χ2n) is 7.09. The molecule has 1 aromatic carbocycles. The molecule has 0 N–H and O–H groups in total. The van der Waals surface area contributed by atoms with Crippen molar-refractivity contribution < 1.29 is 27.5 Å². The Bertz CT molecular complexity index is 857. The van der Waals surface area contributed by atoms with Crippen molar-refractivity contribution in [1.82, 2.24) is 9.21 Å². The molecular formula is C20H26N2O6S. The summed E-state index contributed by atoms with van der Waals surface area (Å²) in [5.74, 6) is 0.0969. The number of esters is 1. The molecule has 9 heteroatoms. The van der Waals surface area contributed by atoms with Crippen LogP contribution in [-0.2, 0) is 24.3 Å². The number of benzene rings is 1. The molecule has 1 atom stereocenters. The van der Waals surface area contributed by atoms with E-state index in [2.05, 4.69) is 0 Å². The summed E-state index contributed by atoms with van der Waals surface area (Å²) < 4.78 is 37.0. The van der Waals surface area contributed by atoms with Gasteiger partial charge in [0.15, 0.2) is 6.61 Å². The third-order valence-electron chi connectivity index (χ3n) is 5.19. The highest BCUT2D eigenvalue weighted by Gasteiger charge is 2.30. The number of sulfonamides is 1. The van der Waals surface area contributed by atoms with Gasteiger partial charge in [-0.15, -0.1) is 0 Å². The van der Waals surface area contributed by atoms with Gasteiger partial charge in [0.1, 0.15) is 5.75 Å². The van der Waals surface area contributed by atoms with Crippen LogP contribution in [0.5, 0.6) is 5.75 Å². The lowest BCUT2D eigenvalue weighted by Crippen LogP contribution is -2.51. The zero-order valence-electron chi connectivity index (χ0n) is 16.5. The molecule has 8 nitrogen and oxygen atoms in total. The Morgan fingerprint density at radius 1 is 1.10 bits per heavy atom. The average molecular weight is 423 g/mol. The van der Waals surface area contributed by atoms with E-state index in [-0.39, 0.29) is 61.9 Å². The summed E-state index contributed by atoms with van der Waals surface area (Å²) in [6.45, 7) is 0.608. The summed E-state index contributed by atoms with van der Waals surface area (Å²) in [4.78, 5) is 25.9. The van der Waals surface area contributed by atoms with E-state index in [4.69, 9.17) is 9.47 Å². The highest BCUT2D eigenvalue weighted by molar-refractivity contribution is 7.89. The zero-order chi connectivity index (χ0) is 20.9. The van der Waals surface area contributed by atoms with E-state index in [1.807, 2.05) is 12.2 Å². The van der Waals surface area contributed by atoms with Gasteiger partial charge in [-0.2, -0.15) is 4.31 Å². The number of carbonyl (C=O) groups excluding carboxylic acids is 2. The Morgan fingerprint density at radius 2 is 1.79 bits per heavy atom. The molecule has 1 aliphatic heterocycles. The van der Waals surface area contributed by atoms with Crippen LogP contribution in [0.3, 0.4) is 0 Å². The second kappa shape index (κ2) is 9.41. The monoisotopic (exact) mass is 422 g/mol. The molecule has 0 radical (unpaired) electrons. The van der Waals surface area contributed by atoms with Gasteiger partial charge in [0, 0.05) is 26.2 Å². The van der Waals surface area contributed by atoms with Crippen molar-refractivity contribution in [3.63, 3.8) is 0 Å². The van der Waals surface area contributed by atoms with Crippen LogP contribution in [0.15, 0.2) is 41.3 Å². The summed E-state index contributed by atoms with van der Waals surface area (Å²) in [6.07, 6.45) is 6.25. The number of methoxy groups -OCH3 is 1. The van der Waals surface area contributed by atoms with Gasteiger partial charge in [-0.1, -0.05) is 12.2 Å². The summed E-state index contributed by atoms with van der Waals surface area (Å²) >= 11 is 0. The summed E-state index contributed by atoms with van der Waals surface area (Å²) in [7, 11) is -2.11. The molecule has 0 saturated carbocycles. The molecule has 1 aromatic rings. The van der Waals surface area contributed by atoms with Crippen molar-refractivity contribution in [3.8, 4) is 5.75 Å². The van der Waals surface area contributed by atoms with Gasteiger partial charge in [-0.25, -0.2) is 8.42 Å². The molecule has 1 amide bonds. The Labute approximate surface area is 171 Å². The SMILES string of the molecule is COc1ccc(S(=O)(=O)N2CCN(C(=O)COC(=O)C[C@H]3C=CCC3)CC2)cc1. The maximum atomic E-state index is 12.7. The van der Waals surface area contributed by atoms with E-state index in [1.54, 1.807) is 12.1 Å². The maximum absolute atomic E-state index is 12.7. The fourth-order valence-corrected chi connectivity index (χ4v) is 4.87. The van der Waals surface area contributed by atoms with Crippen LogP contribution >= 0.6 is 0 Å². The standard InChI is InChI=1S/C20H26N2O6S/c1-27-17-6-8-18(9-7-17)29(25,26)22-12-10-21(11-13-22)19(23)15-28-20(24)14-16-4-2-3-5-16/h2,4,6-9,16H,3,5,10-15H2,1H3/t16-/m0/s1. The van der Waals surface area contributed by atoms with Crippen LogP contribution in [0.4, 0.5) is 0 Å². The van der Waals surface area contributed by atoms with Crippen molar-refractivity contribution >= 4 is 21.9 Å². The minimum atomic E-state index is -3.63. The Kier molecular flexibility index (Phi) is 6.92. The minimum absolute atomic E-state index is 0.188. The largest absolute Gasteiger partial charge is 0.497 e. The number of rotatable bonds is 7. The first kappa shape index (κ1) is 21.3. The van der Waals surface area contributed by atoms with Crippen molar-refractivity contribution in [1.29, 1.82) is 0 Å². The smallest absolute Gasteiger partial charge is 0.306 e. The molecule has 1 fully saturated rings. The van der Waals surface area contributed by atoms with Crippen LogP contribution in [0.25, 0.3) is 0 Å². The van der Waals surface area contributed by atoms with Crippen LogP contribution in [-0.4, -0.2) is 69.4 Å². The van der Waals surface area contributed by atoms with Crippen molar-refractivity contribution in [2.75, 3.05) is 39.9 Å². The second-order valence-corrected chi connectivity index (χ2v) is 9.03. The number of carbonyl (C=O) groups is 2. The molecule has 0 spiro atoms. The number of piperazine rings is 1. The predicted octanol–water partition coefficient (Wildman–Crippen LogP) is 1.43. The normalized spacial score (nSPS) is 19.9. The predicted molar refractivity (Wildman–Crippen MR) is 106 cm³/mol. The first-order chi connectivity index (χ1) is 13.9. The lowest BCUT2D eigenvalue weighted by atomic mass is 10.1. The first-order valence-corrected chi connectivity index (χ1v) is 11.1. The Hall–Kier alpha value is -2.39. The quantitative estimate of drug-likeness (QED) is 0.487. The van der Waals surface area contributed by atoms with E-state index in [0.29, 0.717) is 5.75 Å². The molecule has 0 aromatic heterocycles. The maximum Gasteiger partial charge on any atom is 0.306 e. The van der Waals surface area contributed by atoms with Crippen molar-refractivity contribution in [2.24, 2.45) is 5.92 Å². The van der Waals surface area contributed by atoms with E-state index in [9.17, 15) is 18.0 Å². The summed E-state index contributed by atoms with van der Waals surface area (Å²) in [5.41, 5.74) is 0. The first-order valence-electron chi connectivity index (χ1n) is 9.64. The third-order valence-corrected chi connectivity index (χ3v) is 7.10. The fraction of sp³-hybridized carbons (Fsp3) is 0.500. The fourth-order valence-electron chi connectivity index (χ4n) is 3.45. The molecule has 0 unspecified atom stereocenters. The number of allylic oxidation sites excluding steroid dienone is 2. The molecule has 158 valence electrons. The highest BCUT2D eigenvalue weighted by Crippen LogP contribution is 2.22. The molecule has 3 rings (SSSR count). The lowest BCUT2D eigenvalue weighted by molar-refractivity contribution is -0.153. The number of hydrogen-bond donors (Lipinski definition) is 0. The van der Waals surface area contributed by atoms with E-state index >= 15 is 0 Å². The summed E-state index contributed by atoms with van der Waals surface area (Å²) in [5, 5.41) is 0. The molecule has 1 saturated heterocycles. The van der Waals surface area contributed by atoms with Gasteiger partial charge in [-0.05, 0) is 43.0 Å². The van der Waals surface area contributed by atoms with E-state index in [0.717, 1.165) is 12.8 Å². The Balaban J connectivity index is 1.46. The van der Waals surface area contributed by atoms with Gasteiger partial charge in [0.25, 0.3) is 5.91 Å². The van der Waals surface area contributed by atoms with Crippen molar-refractivity contribution in [2.45, 2.75) is 24.2 Å². The van der Waals surface area contributed by atoms with Crippen molar-refractivity contribution in [3.05, 3.63) is 36.4 Å². The molecule has 29 heavy (non-hydrogen) atoms. The van der Waals surface area contributed by atoms with Crippen LogP contribution < -0.4 is 4.74 Å². The van der Waals surface area contributed by atoms with E-state index < -0.39 is 10.0 Å². The molecule has 1 aliphatic carbocycles. The summed E-state index contributed by atoms with van der Waals surface area (Å²) in [6, 6.07) is 6.21. The van der Waals surface area contributed by atoms with E-state index in [1.165, 1.54) is 28.4 Å². The Morgan fingerprint density at radius 3 is 2.38 bits per heavy atom. The van der Waals surface area contributed by atoms with Crippen LogP contribution in [0.2, 0.25) is 0 Å². The zero-order valence-corrected chi connectivity index (χ0v) is 17.3. The van der Waals surface area contributed by atoms with Gasteiger partial charge >= 0.3 is 5.97 Å². The number of hydrogen-bond acceptors (Lipinski definition) is 6. The topological polar surface area (TPSA) is 93.2 Å². The molecule has 0 bridgehead atoms. The average Bonchev–Trinajstić information content (AvgIpc) is 3.25. The minimum Gasteiger partial charge on any atom is -0.497 e. The third kappa shape index (κ3) is 5.36. The van der Waals surface area contributed by atoms with Crippen LogP contribution in [0.1, 0.15) is 19.3 Å². The number of amides is 1. The molecule has 1 heterocycles. The number of nitrogens with zero attached hydrogens (tertiary/aromatic N) is 2. The molecule has 2 aliphatic rings. The lowest BCUT2D eigenvalue weighted by Gasteiger charge is -2.33. The highest BCUT2D eigenvalue weighted by atomic mass is 32.2. The van der Waals surface area contributed by atoms with Gasteiger partial charge in [0.05, 0.1) is 18.4 Å². The number of ether oxygens (including phenoxy) is 2. The van der Waals surface area contributed by atoms with Gasteiger partial charge in [-0.3, -0.25) is 9.59 Å². The van der Waals surface area contributed by atoms with Gasteiger partial charge < -0.3 is 14.4 Å². The molecular weight excluding hydrogens is 396 g/mol. The van der Waals surface area contributed by atoms with Gasteiger partial charge in [0.2, 0.25) is 10.0 Å².